The van der Waals surface area contributed by atoms with Crippen LogP contribution in [0.5, 0.6) is 0 Å². The number of aliphatic hydroxyl groups is 1. The van der Waals surface area contributed by atoms with E-state index in [1.807, 2.05) is 6.92 Å². The highest BCUT2D eigenvalue weighted by Crippen LogP contribution is 2.21. The Labute approximate surface area is 98.1 Å². The first-order valence-electron chi connectivity index (χ1n) is 6.10. The van der Waals surface area contributed by atoms with Crippen molar-refractivity contribution in [2.24, 2.45) is 5.92 Å². The summed E-state index contributed by atoms with van der Waals surface area (Å²) in [7, 11) is 0. The van der Waals surface area contributed by atoms with Crippen LogP contribution in [0.15, 0.2) is 12.2 Å². The smallest absolute Gasteiger partial charge is 0.226 e. The highest BCUT2D eigenvalue weighted by atomic mass is 16.3. The fourth-order valence-electron chi connectivity index (χ4n) is 2.09. The van der Waals surface area contributed by atoms with Gasteiger partial charge in [0.25, 0.3) is 0 Å². The van der Waals surface area contributed by atoms with Gasteiger partial charge in [0.1, 0.15) is 0 Å². The van der Waals surface area contributed by atoms with E-state index in [1.54, 1.807) is 18.7 Å². The molecule has 3 heteroatoms. The Kier molecular flexibility index (Phi) is 4.54. The van der Waals surface area contributed by atoms with Gasteiger partial charge in [-0.15, -0.1) is 0 Å². The van der Waals surface area contributed by atoms with E-state index in [9.17, 15) is 9.90 Å². The molecular formula is C13H23NO2. The van der Waals surface area contributed by atoms with Crippen molar-refractivity contribution in [2.45, 2.75) is 45.6 Å². The lowest BCUT2D eigenvalue weighted by Gasteiger charge is -2.31. The minimum absolute atomic E-state index is 0.118. The van der Waals surface area contributed by atoms with Crippen molar-refractivity contribution < 1.29 is 9.90 Å². The first kappa shape index (κ1) is 13.2. The van der Waals surface area contributed by atoms with Crippen LogP contribution in [0.25, 0.3) is 0 Å². The van der Waals surface area contributed by atoms with E-state index >= 15 is 0 Å². The normalized spacial score (nSPS) is 20.9. The zero-order chi connectivity index (χ0) is 12.2. The molecule has 1 unspecified atom stereocenters. The van der Waals surface area contributed by atoms with E-state index in [0.717, 1.165) is 19.3 Å². The first-order valence-corrected chi connectivity index (χ1v) is 6.10. The van der Waals surface area contributed by atoms with Crippen LogP contribution in [0.4, 0.5) is 0 Å². The van der Waals surface area contributed by atoms with Gasteiger partial charge in [-0.05, 0) is 40.0 Å². The quantitative estimate of drug-likeness (QED) is 0.743. The first-order chi connectivity index (χ1) is 7.44. The minimum atomic E-state index is -0.809. The van der Waals surface area contributed by atoms with E-state index in [4.69, 9.17) is 0 Å². The maximum atomic E-state index is 12.2. The lowest BCUT2D eigenvalue weighted by Crippen LogP contribution is -2.44. The Balaban J connectivity index is 2.58. The fourth-order valence-corrected chi connectivity index (χ4v) is 2.09. The predicted octanol–water partition coefficient (Wildman–Crippen LogP) is 1.96. The van der Waals surface area contributed by atoms with Crippen molar-refractivity contribution in [1.29, 1.82) is 0 Å². The van der Waals surface area contributed by atoms with Gasteiger partial charge in [0.2, 0.25) is 5.91 Å². The Morgan fingerprint density at radius 1 is 1.50 bits per heavy atom. The van der Waals surface area contributed by atoms with E-state index in [2.05, 4.69) is 12.2 Å². The SMILES string of the molecule is CCN(CC(C)(C)O)C(=O)C1CC=CCC1. The maximum Gasteiger partial charge on any atom is 0.226 e. The number of carbonyl (C=O) groups excluding carboxylic acids is 1. The zero-order valence-electron chi connectivity index (χ0n) is 10.6. The molecule has 0 saturated carbocycles. The third-order valence-corrected chi connectivity index (χ3v) is 2.89. The molecule has 16 heavy (non-hydrogen) atoms. The Bertz CT molecular complexity index is 266. The molecule has 0 heterocycles. The topological polar surface area (TPSA) is 40.5 Å². The molecule has 0 aromatic heterocycles. The number of allylic oxidation sites excluding steroid dienone is 2. The van der Waals surface area contributed by atoms with Crippen molar-refractivity contribution in [3.63, 3.8) is 0 Å². The summed E-state index contributed by atoms with van der Waals surface area (Å²) in [5, 5.41) is 9.76. The number of hydrogen-bond acceptors (Lipinski definition) is 2. The average molecular weight is 225 g/mol. The van der Waals surface area contributed by atoms with Gasteiger partial charge in [0, 0.05) is 19.0 Å². The minimum Gasteiger partial charge on any atom is -0.389 e. The van der Waals surface area contributed by atoms with Crippen LogP contribution in [0.1, 0.15) is 40.0 Å². The fraction of sp³-hybridized carbons (Fsp3) is 0.769. The van der Waals surface area contributed by atoms with Gasteiger partial charge in [-0.3, -0.25) is 4.79 Å². The number of amides is 1. The summed E-state index contributed by atoms with van der Waals surface area (Å²) in [6, 6.07) is 0. The Hall–Kier alpha value is -0.830. The molecule has 1 atom stereocenters. The van der Waals surface area contributed by atoms with Gasteiger partial charge < -0.3 is 10.0 Å². The van der Waals surface area contributed by atoms with E-state index in [-0.39, 0.29) is 11.8 Å². The highest BCUT2D eigenvalue weighted by Gasteiger charge is 2.27. The molecule has 0 radical (unpaired) electrons. The summed E-state index contributed by atoms with van der Waals surface area (Å²) in [5.41, 5.74) is -0.809. The van der Waals surface area contributed by atoms with Crippen LogP contribution in [0, 0.1) is 5.92 Å². The monoisotopic (exact) mass is 225 g/mol. The van der Waals surface area contributed by atoms with Gasteiger partial charge in [-0.1, -0.05) is 12.2 Å². The number of hydrogen-bond donors (Lipinski definition) is 1. The van der Waals surface area contributed by atoms with Crippen molar-refractivity contribution >= 4 is 5.91 Å². The summed E-state index contributed by atoms with van der Waals surface area (Å²) in [5.74, 6) is 0.307. The second-order valence-electron chi connectivity index (χ2n) is 5.15. The van der Waals surface area contributed by atoms with Crippen molar-refractivity contribution in [3.05, 3.63) is 12.2 Å². The highest BCUT2D eigenvalue weighted by molar-refractivity contribution is 5.79. The van der Waals surface area contributed by atoms with Crippen molar-refractivity contribution in [3.8, 4) is 0 Å². The molecule has 1 aliphatic carbocycles. The third kappa shape index (κ3) is 3.97. The predicted molar refractivity (Wildman–Crippen MR) is 65.0 cm³/mol. The lowest BCUT2D eigenvalue weighted by atomic mass is 9.92. The second-order valence-corrected chi connectivity index (χ2v) is 5.15. The molecule has 1 amide bonds. The molecule has 3 nitrogen and oxygen atoms in total. The van der Waals surface area contributed by atoms with Crippen LogP contribution in [0.3, 0.4) is 0 Å². The summed E-state index contributed by atoms with van der Waals surface area (Å²) in [6.07, 6.45) is 7.01. The number of likely N-dealkylation sites (N-methyl/N-ethyl adjacent to an activating group) is 1. The third-order valence-electron chi connectivity index (χ3n) is 2.89. The molecule has 0 aliphatic heterocycles. The van der Waals surface area contributed by atoms with Gasteiger partial charge in [-0.25, -0.2) is 0 Å². The summed E-state index contributed by atoms with van der Waals surface area (Å²) < 4.78 is 0. The molecule has 0 aromatic rings. The molecule has 0 saturated heterocycles. The van der Waals surface area contributed by atoms with Gasteiger partial charge in [0.15, 0.2) is 0 Å². The Morgan fingerprint density at radius 3 is 2.62 bits per heavy atom. The summed E-state index contributed by atoms with van der Waals surface area (Å²) in [4.78, 5) is 14.0. The van der Waals surface area contributed by atoms with Crippen LogP contribution in [-0.2, 0) is 4.79 Å². The lowest BCUT2D eigenvalue weighted by molar-refractivity contribution is -0.138. The largest absolute Gasteiger partial charge is 0.389 e. The maximum absolute atomic E-state index is 12.2. The van der Waals surface area contributed by atoms with Gasteiger partial charge >= 0.3 is 0 Å². The van der Waals surface area contributed by atoms with Crippen LogP contribution >= 0.6 is 0 Å². The summed E-state index contributed by atoms with van der Waals surface area (Å²) in [6.45, 7) is 6.53. The number of carbonyl (C=O) groups is 1. The standard InChI is InChI=1S/C13H23NO2/c1-4-14(10-13(2,3)16)12(15)11-8-6-5-7-9-11/h5-6,11,16H,4,7-10H2,1-3H3. The molecule has 1 N–H and O–H groups in total. The van der Waals surface area contributed by atoms with Crippen LogP contribution in [-0.4, -0.2) is 34.6 Å². The van der Waals surface area contributed by atoms with Crippen molar-refractivity contribution in [2.75, 3.05) is 13.1 Å². The van der Waals surface area contributed by atoms with E-state index < -0.39 is 5.60 Å². The summed E-state index contributed by atoms with van der Waals surface area (Å²) >= 11 is 0. The van der Waals surface area contributed by atoms with Crippen molar-refractivity contribution in [1.82, 2.24) is 4.90 Å². The van der Waals surface area contributed by atoms with Gasteiger partial charge in [0.05, 0.1) is 5.60 Å². The number of nitrogens with zero attached hydrogens (tertiary/aromatic N) is 1. The molecule has 0 fully saturated rings. The second kappa shape index (κ2) is 5.48. The van der Waals surface area contributed by atoms with E-state index in [0.29, 0.717) is 13.1 Å². The molecule has 92 valence electrons. The number of rotatable bonds is 4. The molecule has 1 aliphatic rings. The van der Waals surface area contributed by atoms with Crippen LogP contribution < -0.4 is 0 Å². The van der Waals surface area contributed by atoms with Gasteiger partial charge in [-0.2, -0.15) is 0 Å². The molecule has 1 rings (SSSR count). The average Bonchev–Trinajstić information content (AvgIpc) is 2.25. The molecule has 0 aromatic carbocycles. The van der Waals surface area contributed by atoms with E-state index in [1.165, 1.54) is 0 Å². The molecule has 0 spiro atoms. The zero-order valence-corrected chi connectivity index (χ0v) is 10.6. The Morgan fingerprint density at radius 2 is 2.19 bits per heavy atom. The molecule has 0 bridgehead atoms. The van der Waals surface area contributed by atoms with Crippen LogP contribution in [0.2, 0.25) is 0 Å². The molecular weight excluding hydrogens is 202 g/mol.